The van der Waals surface area contributed by atoms with Crippen molar-refractivity contribution in [2.45, 2.75) is 37.8 Å². The number of β-lactam (4-membered cyclic amide) rings is 1. The SMILES string of the molecule is CC(C)(C)OC(=O)CON=C(C(=O)NC1C(=O)N2C(C(=O)O)=C(C=CCl)CS[C@@H]12)c1csc(N)n1. The molecule has 0 spiro atoms. The van der Waals surface area contributed by atoms with Gasteiger partial charge in [0.2, 0.25) is 6.61 Å². The molecule has 1 unspecified atom stereocenters. The number of esters is 1. The van der Waals surface area contributed by atoms with Crippen molar-refractivity contribution in [1.29, 1.82) is 0 Å². The number of halogens is 1. The number of nitrogens with one attached hydrogen (secondary N) is 1. The van der Waals surface area contributed by atoms with E-state index in [-0.39, 0.29) is 28.0 Å². The minimum absolute atomic E-state index is 0.0785. The molecule has 3 heterocycles. The third-order valence-corrected chi connectivity index (χ3v) is 6.59. The first-order valence-corrected chi connectivity index (χ1v) is 12.4. The van der Waals surface area contributed by atoms with Gasteiger partial charge in [-0.15, -0.1) is 23.1 Å². The van der Waals surface area contributed by atoms with Crippen LogP contribution in [0, 0.1) is 0 Å². The van der Waals surface area contributed by atoms with Gasteiger partial charge in [-0.3, -0.25) is 14.5 Å². The van der Waals surface area contributed by atoms with E-state index in [2.05, 4.69) is 15.5 Å². The molecule has 188 valence electrons. The van der Waals surface area contributed by atoms with Crippen molar-refractivity contribution >= 4 is 69.3 Å². The summed E-state index contributed by atoms with van der Waals surface area (Å²) >= 11 is 7.91. The predicted octanol–water partition coefficient (Wildman–Crippen LogP) is 1.28. The van der Waals surface area contributed by atoms with Gasteiger partial charge in [0.25, 0.3) is 11.8 Å². The van der Waals surface area contributed by atoms with Crippen LogP contribution in [0.15, 0.2) is 33.4 Å². The molecule has 2 aliphatic rings. The highest BCUT2D eigenvalue weighted by atomic mass is 35.5. The van der Waals surface area contributed by atoms with Crippen LogP contribution in [0.25, 0.3) is 0 Å². The topological polar surface area (TPSA) is 174 Å². The first-order valence-electron chi connectivity index (χ1n) is 10.0. The Labute approximate surface area is 213 Å². The summed E-state index contributed by atoms with van der Waals surface area (Å²) < 4.78 is 5.12. The second-order valence-corrected chi connectivity index (χ2v) is 10.5. The third kappa shape index (κ3) is 6.13. The van der Waals surface area contributed by atoms with Crippen molar-refractivity contribution in [3.05, 3.63) is 34.0 Å². The summed E-state index contributed by atoms with van der Waals surface area (Å²) in [6.45, 7) is 4.50. The quantitative estimate of drug-likeness (QED) is 0.187. The fraction of sp³-hybridized carbons (Fsp3) is 0.400. The number of thiazole rings is 1. The number of hydrogen-bond donors (Lipinski definition) is 3. The Bertz CT molecular complexity index is 1140. The van der Waals surface area contributed by atoms with Crippen LogP contribution in [0.3, 0.4) is 0 Å². The Hall–Kier alpha value is -3.10. The molecule has 0 saturated carbocycles. The van der Waals surface area contributed by atoms with Crippen LogP contribution in [0.1, 0.15) is 26.5 Å². The summed E-state index contributed by atoms with van der Waals surface area (Å²) in [6, 6.07) is -1.02. The molecule has 0 aromatic carbocycles. The molecule has 0 aliphatic carbocycles. The Morgan fingerprint density at radius 1 is 1.43 bits per heavy atom. The standard InChI is InChI=1S/C20H22ClN5O7S2/c1-20(2,3)33-11(27)6-32-25-12(10-8-35-19(22)23-10)15(28)24-13-16(29)26-14(18(30)31)9(4-5-21)7-34-17(13)26/h4-5,8,13,17H,6-7H2,1-3H3,(H2,22,23)(H,24,28)(H,30,31)/t13?,17-/m0/s1. The van der Waals surface area contributed by atoms with E-state index >= 15 is 0 Å². The first kappa shape index (κ1) is 26.5. The second kappa shape index (κ2) is 10.7. The van der Waals surface area contributed by atoms with E-state index in [1.165, 1.54) is 28.8 Å². The predicted molar refractivity (Wildman–Crippen MR) is 130 cm³/mol. The number of ether oxygens (including phenoxy) is 1. The van der Waals surface area contributed by atoms with E-state index in [4.69, 9.17) is 26.9 Å². The molecule has 12 nitrogen and oxygen atoms in total. The van der Waals surface area contributed by atoms with Crippen LogP contribution < -0.4 is 11.1 Å². The maximum absolute atomic E-state index is 13.0. The van der Waals surface area contributed by atoms with E-state index in [0.29, 0.717) is 5.57 Å². The molecule has 2 atom stereocenters. The molecular formula is C20H22ClN5O7S2. The van der Waals surface area contributed by atoms with Crippen LogP contribution >= 0.6 is 34.7 Å². The molecule has 2 amide bonds. The number of carboxylic acid groups (broad SMARTS) is 1. The molecule has 2 aliphatic heterocycles. The Morgan fingerprint density at radius 3 is 2.71 bits per heavy atom. The van der Waals surface area contributed by atoms with Crippen LogP contribution in [0.5, 0.6) is 0 Å². The number of fused-ring (bicyclic) bond motifs is 1. The fourth-order valence-corrected chi connectivity index (χ4v) is 5.20. The highest BCUT2D eigenvalue weighted by Crippen LogP contribution is 2.40. The average molecular weight is 544 g/mol. The number of anilines is 1. The van der Waals surface area contributed by atoms with Gasteiger partial charge in [-0.25, -0.2) is 14.6 Å². The number of amides is 2. The molecule has 0 radical (unpaired) electrons. The number of nitrogens with zero attached hydrogens (tertiary/aromatic N) is 3. The minimum atomic E-state index is -1.28. The number of nitrogens with two attached hydrogens (primary N) is 1. The van der Waals surface area contributed by atoms with Crippen LogP contribution in [0.2, 0.25) is 0 Å². The number of aliphatic carboxylic acids is 1. The minimum Gasteiger partial charge on any atom is -0.477 e. The summed E-state index contributed by atoms with van der Waals surface area (Å²) in [5, 5.41) is 16.8. The Balaban J connectivity index is 1.76. The second-order valence-electron chi connectivity index (χ2n) is 8.20. The third-order valence-electron chi connectivity index (χ3n) is 4.49. The monoisotopic (exact) mass is 543 g/mol. The molecule has 1 fully saturated rings. The van der Waals surface area contributed by atoms with Crippen molar-refractivity contribution < 1.29 is 33.9 Å². The summed E-state index contributed by atoms with van der Waals surface area (Å²) in [5.74, 6) is -3.13. The van der Waals surface area contributed by atoms with Crippen LogP contribution in [-0.2, 0) is 28.8 Å². The molecular weight excluding hydrogens is 522 g/mol. The van der Waals surface area contributed by atoms with E-state index in [1.54, 1.807) is 20.8 Å². The van der Waals surface area contributed by atoms with Gasteiger partial charge in [-0.1, -0.05) is 16.8 Å². The van der Waals surface area contributed by atoms with Gasteiger partial charge in [0.15, 0.2) is 10.8 Å². The molecule has 15 heteroatoms. The lowest BCUT2D eigenvalue weighted by Gasteiger charge is -2.49. The number of carbonyl (C=O) groups is 4. The Kier molecular flexibility index (Phi) is 8.07. The molecule has 0 bridgehead atoms. The Morgan fingerprint density at radius 2 is 2.14 bits per heavy atom. The summed E-state index contributed by atoms with van der Waals surface area (Å²) in [5.41, 5.74) is 6.05. The summed E-state index contributed by atoms with van der Waals surface area (Å²) in [6.07, 6.45) is 1.41. The number of rotatable bonds is 8. The molecule has 1 saturated heterocycles. The van der Waals surface area contributed by atoms with Gasteiger partial charge in [0.1, 0.15) is 28.4 Å². The normalized spacial score (nSPS) is 20.4. The zero-order valence-electron chi connectivity index (χ0n) is 18.8. The van der Waals surface area contributed by atoms with Crippen molar-refractivity contribution in [3.8, 4) is 0 Å². The molecule has 3 rings (SSSR count). The maximum atomic E-state index is 13.0. The number of nitrogen functional groups attached to an aromatic ring is 1. The lowest BCUT2D eigenvalue weighted by atomic mass is 10.0. The van der Waals surface area contributed by atoms with Gasteiger partial charge in [0, 0.05) is 16.7 Å². The molecule has 35 heavy (non-hydrogen) atoms. The average Bonchev–Trinajstić information content (AvgIpc) is 3.19. The van der Waals surface area contributed by atoms with Crippen LogP contribution in [0.4, 0.5) is 5.13 Å². The summed E-state index contributed by atoms with van der Waals surface area (Å²) in [4.78, 5) is 59.5. The largest absolute Gasteiger partial charge is 0.477 e. The summed E-state index contributed by atoms with van der Waals surface area (Å²) in [7, 11) is 0. The van der Waals surface area contributed by atoms with Gasteiger partial charge < -0.3 is 25.7 Å². The first-order chi connectivity index (χ1) is 16.4. The number of carbonyl (C=O) groups excluding carboxylic acids is 3. The fourth-order valence-electron chi connectivity index (χ4n) is 3.18. The van der Waals surface area contributed by atoms with Crippen molar-refractivity contribution in [3.63, 3.8) is 0 Å². The molecule has 1 aromatic rings. The van der Waals surface area contributed by atoms with Crippen molar-refractivity contribution in [2.75, 3.05) is 18.1 Å². The number of thioether (sulfide) groups is 1. The zero-order chi connectivity index (χ0) is 25.9. The highest BCUT2D eigenvalue weighted by Gasteiger charge is 2.54. The lowest BCUT2D eigenvalue weighted by molar-refractivity contribution is -0.160. The number of allylic oxidation sites excluding steroid dienone is 1. The number of hydrogen-bond acceptors (Lipinski definition) is 11. The highest BCUT2D eigenvalue weighted by molar-refractivity contribution is 8.00. The number of oxime groups is 1. The molecule has 1 aromatic heterocycles. The molecule has 4 N–H and O–H groups in total. The van der Waals surface area contributed by atoms with Gasteiger partial charge >= 0.3 is 11.9 Å². The zero-order valence-corrected chi connectivity index (χ0v) is 21.2. The smallest absolute Gasteiger partial charge is 0.352 e. The number of carboxylic acids is 1. The van der Waals surface area contributed by atoms with Crippen molar-refractivity contribution in [1.82, 2.24) is 15.2 Å². The maximum Gasteiger partial charge on any atom is 0.352 e. The van der Waals surface area contributed by atoms with Crippen molar-refractivity contribution in [2.24, 2.45) is 5.16 Å². The van der Waals surface area contributed by atoms with Gasteiger partial charge in [-0.2, -0.15) is 0 Å². The van der Waals surface area contributed by atoms with E-state index in [9.17, 15) is 24.3 Å². The van der Waals surface area contributed by atoms with Gasteiger partial charge in [0.05, 0.1) is 0 Å². The van der Waals surface area contributed by atoms with Gasteiger partial charge in [-0.05, 0) is 32.4 Å². The number of aromatic nitrogens is 1. The lowest BCUT2D eigenvalue weighted by Crippen LogP contribution is -2.71. The van der Waals surface area contributed by atoms with Crippen LogP contribution in [-0.4, -0.2) is 73.8 Å². The van der Waals surface area contributed by atoms with E-state index in [1.807, 2.05) is 0 Å². The van der Waals surface area contributed by atoms with E-state index < -0.39 is 47.4 Å². The van der Waals surface area contributed by atoms with E-state index in [0.717, 1.165) is 16.2 Å².